The van der Waals surface area contributed by atoms with Gasteiger partial charge in [0.15, 0.2) is 5.69 Å². The molecule has 1 amide bonds. The minimum Gasteiger partial charge on any atom is -0.330 e. The first-order valence-corrected chi connectivity index (χ1v) is 7.30. The van der Waals surface area contributed by atoms with Gasteiger partial charge >= 0.3 is 0 Å². The van der Waals surface area contributed by atoms with Crippen LogP contribution in [-0.2, 0) is 6.54 Å². The molecule has 0 atom stereocenters. The van der Waals surface area contributed by atoms with Crippen molar-refractivity contribution >= 4 is 5.91 Å². The molecule has 3 rings (SSSR count). The molecule has 110 valence electrons. The maximum absolute atomic E-state index is 12.7. The van der Waals surface area contributed by atoms with Crippen molar-refractivity contribution in [2.75, 3.05) is 0 Å². The van der Waals surface area contributed by atoms with Gasteiger partial charge < -0.3 is 4.90 Å². The number of H-pyrrole nitrogens is 1. The quantitative estimate of drug-likeness (QED) is 0.938. The molecule has 2 aromatic rings. The molecule has 1 N–H and O–H groups in total. The van der Waals surface area contributed by atoms with Gasteiger partial charge in [-0.2, -0.15) is 15.4 Å². The summed E-state index contributed by atoms with van der Waals surface area (Å²) in [7, 11) is 0. The molecule has 21 heavy (non-hydrogen) atoms. The van der Waals surface area contributed by atoms with E-state index in [1.165, 1.54) is 16.7 Å². The normalized spacial score (nSPS) is 14.2. The number of carbonyl (C=O) groups excluding carboxylic acids is 1. The van der Waals surface area contributed by atoms with Gasteiger partial charge in [-0.25, -0.2) is 0 Å². The number of rotatable bonds is 4. The van der Waals surface area contributed by atoms with E-state index in [-0.39, 0.29) is 5.91 Å². The van der Waals surface area contributed by atoms with Crippen LogP contribution in [0.3, 0.4) is 0 Å². The number of hydrogen-bond acceptors (Lipinski definition) is 3. The molecule has 5 nitrogen and oxygen atoms in total. The van der Waals surface area contributed by atoms with E-state index in [4.69, 9.17) is 0 Å². The van der Waals surface area contributed by atoms with Crippen LogP contribution in [0.2, 0.25) is 0 Å². The average molecular weight is 284 g/mol. The van der Waals surface area contributed by atoms with Crippen molar-refractivity contribution in [2.45, 2.75) is 46.2 Å². The Morgan fingerprint density at radius 2 is 2.00 bits per heavy atom. The Hall–Kier alpha value is -2.17. The number of amides is 1. The highest BCUT2D eigenvalue weighted by Crippen LogP contribution is 2.30. The van der Waals surface area contributed by atoms with Gasteiger partial charge in [0.25, 0.3) is 5.91 Å². The molecule has 0 radical (unpaired) electrons. The minimum absolute atomic E-state index is 0.0259. The Morgan fingerprint density at radius 1 is 1.24 bits per heavy atom. The third kappa shape index (κ3) is 2.82. The lowest BCUT2D eigenvalue weighted by atomic mass is 10.1. The molecular formula is C16H20N4O. The summed E-state index contributed by atoms with van der Waals surface area (Å²) in [5.74, 6) is -0.0259. The van der Waals surface area contributed by atoms with Crippen LogP contribution in [-0.4, -0.2) is 32.3 Å². The predicted molar refractivity (Wildman–Crippen MR) is 79.9 cm³/mol. The zero-order valence-electron chi connectivity index (χ0n) is 12.7. The summed E-state index contributed by atoms with van der Waals surface area (Å²) in [6.07, 6.45) is 2.15. The third-order valence-corrected chi connectivity index (χ3v) is 4.10. The number of aromatic nitrogens is 3. The van der Waals surface area contributed by atoms with Crippen LogP contribution in [0.15, 0.2) is 18.2 Å². The van der Waals surface area contributed by atoms with Crippen LogP contribution in [0.1, 0.15) is 45.7 Å². The van der Waals surface area contributed by atoms with Gasteiger partial charge in [-0.1, -0.05) is 18.2 Å². The topological polar surface area (TPSA) is 61.9 Å². The first-order valence-electron chi connectivity index (χ1n) is 7.30. The summed E-state index contributed by atoms with van der Waals surface area (Å²) < 4.78 is 0. The van der Waals surface area contributed by atoms with E-state index in [2.05, 4.69) is 47.5 Å². The number of aromatic amines is 1. The summed E-state index contributed by atoms with van der Waals surface area (Å²) >= 11 is 0. The molecule has 0 saturated heterocycles. The van der Waals surface area contributed by atoms with Crippen molar-refractivity contribution in [1.82, 2.24) is 20.3 Å². The molecule has 5 heteroatoms. The van der Waals surface area contributed by atoms with Gasteiger partial charge in [0, 0.05) is 12.6 Å². The maximum Gasteiger partial charge on any atom is 0.276 e. The van der Waals surface area contributed by atoms with Crippen molar-refractivity contribution in [2.24, 2.45) is 0 Å². The van der Waals surface area contributed by atoms with Gasteiger partial charge in [-0.05, 0) is 50.3 Å². The summed E-state index contributed by atoms with van der Waals surface area (Å²) in [5, 5.41) is 10.5. The van der Waals surface area contributed by atoms with Gasteiger partial charge in [0.2, 0.25) is 0 Å². The molecule has 0 bridgehead atoms. The molecule has 1 heterocycles. The first kappa shape index (κ1) is 13.8. The lowest BCUT2D eigenvalue weighted by molar-refractivity contribution is 0.0723. The molecule has 1 aromatic carbocycles. The van der Waals surface area contributed by atoms with Crippen molar-refractivity contribution in [1.29, 1.82) is 0 Å². The second-order valence-corrected chi connectivity index (χ2v) is 5.84. The molecule has 0 unspecified atom stereocenters. The predicted octanol–water partition coefficient (Wildman–Crippen LogP) is 2.53. The Morgan fingerprint density at radius 3 is 2.57 bits per heavy atom. The number of nitrogens with one attached hydrogen (secondary N) is 1. The lowest BCUT2D eigenvalue weighted by Crippen LogP contribution is -2.33. The van der Waals surface area contributed by atoms with Crippen LogP contribution >= 0.6 is 0 Å². The monoisotopic (exact) mass is 284 g/mol. The molecule has 1 aliphatic rings. The Kier molecular flexibility index (Phi) is 3.49. The van der Waals surface area contributed by atoms with Crippen LogP contribution in [0.4, 0.5) is 0 Å². The van der Waals surface area contributed by atoms with E-state index >= 15 is 0 Å². The smallest absolute Gasteiger partial charge is 0.276 e. The van der Waals surface area contributed by atoms with Crippen molar-refractivity contribution < 1.29 is 4.79 Å². The van der Waals surface area contributed by atoms with E-state index in [0.29, 0.717) is 24.0 Å². The summed E-state index contributed by atoms with van der Waals surface area (Å²) in [5.41, 5.74) is 4.79. The third-order valence-electron chi connectivity index (χ3n) is 4.10. The molecule has 0 spiro atoms. The Labute approximate surface area is 124 Å². The van der Waals surface area contributed by atoms with Gasteiger partial charge in [0.1, 0.15) is 0 Å². The van der Waals surface area contributed by atoms with E-state index in [0.717, 1.165) is 12.8 Å². The van der Waals surface area contributed by atoms with Crippen molar-refractivity contribution in [3.63, 3.8) is 0 Å². The van der Waals surface area contributed by atoms with E-state index in [9.17, 15) is 4.79 Å². The fraction of sp³-hybridized carbons (Fsp3) is 0.438. The zero-order valence-corrected chi connectivity index (χ0v) is 12.7. The lowest BCUT2D eigenvalue weighted by Gasteiger charge is -2.22. The van der Waals surface area contributed by atoms with E-state index < -0.39 is 0 Å². The van der Waals surface area contributed by atoms with Crippen molar-refractivity contribution in [3.8, 4) is 0 Å². The average Bonchev–Trinajstić information content (AvgIpc) is 3.21. The largest absolute Gasteiger partial charge is 0.330 e. The Balaban J connectivity index is 1.83. The van der Waals surface area contributed by atoms with Gasteiger partial charge in [-0.3, -0.25) is 4.79 Å². The first-order chi connectivity index (χ1) is 10.1. The van der Waals surface area contributed by atoms with Crippen molar-refractivity contribution in [3.05, 3.63) is 46.3 Å². The molecule has 1 fully saturated rings. The highest BCUT2D eigenvalue weighted by molar-refractivity contribution is 5.93. The number of aryl methyl sites for hydroxylation is 3. The van der Waals surface area contributed by atoms with Gasteiger partial charge in [-0.15, -0.1) is 0 Å². The van der Waals surface area contributed by atoms with Crippen LogP contribution in [0, 0.1) is 20.8 Å². The summed E-state index contributed by atoms with van der Waals surface area (Å²) in [4.78, 5) is 14.6. The second kappa shape index (κ2) is 5.31. The minimum atomic E-state index is -0.0259. The molecular weight excluding hydrogens is 264 g/mol. The molecule has 1 saturated carbocycles. The molecule has 1 aliphatic carbocycles. The van der Waals surface area contributed by atoms with E-state index in [1.807, 2.05) is 4.90 Å². The highest BCUT2D eigenvalue weighted by atomic mass is 16.2. The number of nitrogens with zero attached hydrogens (tertiary/aromatic N) is 3. The van der Waals surface area contributed by atoms with Crippen LogP contribution in [0.5, 0.6) is 0 Å². The van der Waals surface area contributed by atoms with E-state index in [1.54, 1.807) is 6.92 Å². The number of hydrogen-bond donors (Lipinski definition) is 1. The highest BCUT2D eigenvalue weighted by Gasteiger charge is 2.34. The summed E-state index contributed by atoms with van der Waals surface area (Å²) in [6.45, 7) is 6.64. The second-order valence-electron chi connectivity index (χ2n) is 5.84. The number of benzene rings is 1. The fourth-order valence-electron chi connectivity index (χ4n) is 2.47. The van der Waals surface area contributed by atoms with Crippen LogP contribution < -0.4 is 0 Å². The fourth-order valence-corrected chi connectivity index (χ4v) is 2.47. The molecule has 1 aromatic heterocycles. The molecule has 0 aliphatic heterocycles. The SMILES string of the molecule is Cc1ccc(CN(C(=O)c2n[nH]nc2C)C2CC2)cc1C. The summed E-state index contributed by atoms with van der Waals surface area (Å²) in [6, 6.07) is 6.71. The number of carbonyl (C=O) groups is 1. The zero-order chi connectivity index (χ0) is 15.0. The maximum atomic E-state index is 12.7. The standard InChI is InChI=1S/C16H20N4O/c1-10-4-5-13(8-11(10)2)9-20(14-6-7-14)16(21)15-12(3)17-19-18-15/h4-5,8,14H,6-7,9H2,1-3H3,(H,17,18,19). The van der Waals surface area contributed by atoms with Crippen LogP contribution in [0.25, 0.3) is 0 Å². The van der Waals surface area contributed by atoms with Gasteiger partial charge in [0.05, 0.1) is 5.69 Å². The Bertz CT molecular complexity index is 673.